The van der Waals surface area contributed by atoms with Gasteiger partial charge in [-0.15, -0.1) is 0 Å². The van der Waals surface area contributed by atoms with Crippen LogP contribution in [0.4, 0.5) is 4.39 Å². The maximum Gasteiger partial charge on any atom is 0.254 e. The van der Waals surface area contributed by atoms with E-state index in [0.717, 1.165) is 16.9 Å². The molecule has 110 valence electrons. The van der Waals surface area contributed by atoms with Crippen LogP contribution in [0, 0.1) is 12.7 Å². The molecule has 4 heteroatoms. The predicted molar refractivity (Wildman–Crippen MR) is 80.2 cm³/mol. The predicted octanol–water partition coefficient (Wildman–Crippen LogP) is 3.12. The average molecular weight is 287 g/mol. The number of benzene rings is 2. The molecule has 1 amide bonds. The minimum atomic E-state index is -0.498. The molecular weight excluding hydrogens is 269 g/mol. The Kier molecular flexibility index (Phi) is 4.93. The summed E-state index contributed by atoms with van der Waals surface area (Å²) in [6.45, 7) is 2.28. The Balaban J connectivity index is 1.90. The molecule has 0 aliphatic heterocycles. The number of nitrogens with one attached hydrogen (secondary N) is 1. The summed E-state index contributed by atoms with van der Waals surface area (Å²) in [6, 6.07) is 12.1. The maximum absolute atomic E-state index is 13.6. The topological polar surface area (TPSA) is 38.3 Å². The fourth-order valence-electron chi connectivity index (χ4n) is 2.02. The zero-order chi connectivity index (χ0) is 15.2. The normalized spacial score (nSPS) is 10.2. The van der Waals surface area contributed by atoms with Gasteiger partial charge in [0.25, 0.3) is 5.91 Å². The Morgan fingerprint density at radius 3 is 2.57 bits per heavy atom. The number of amides is 1. The third-order valence-electron chi connectivity index (χ3n) is 3.22. The van der Waals surface area contributed by atoms with Crippen LogP contribution < -0.4 is 10.1 Å². The van der Waals surface area contributed by atoms with Gasteiger partial charge in [0.05, 0.1) is 12.7 Å². The molecule has 0 spiro atoms. The largest absolute Gasteiger partial charge is 0.497 e. The number of carbonyl (C=O) groups is 1. The highest BCUT2D eigenvalue weighted by Gasteiger charge is 2.11. The van der Waals surface area contributed by atoms with Crippen LogP contribution in [0.2, 0.25) is 0 Å². The summed E-state index contributed by atoms with van der Waals surface area (Å²) < 4.78 is 18.7. The first-order chi connectivity index (χ1) is 10.1. The minimum absolute atomic E-state index is 0.0877. The highest BCUT2D eigenvalue weighted by atomic mass is 19.1. The molecule has 0 unspecified atom stereocenters. The molecule has 0 bridgehead atoms. The Labute approximate surface area is 123 Å². The van der Waals surface area contributed by atoms with E-state index < -0.39 is 5.82 Å². The van der Waals surface area contributed by atoms with Crippen LogP contribution in [-0.4, -0.2) is 19.6 Å². The third kappa shape index (κ3) is 4.05. The quantitative estimate of drug-likeness (QED) is 0.917. The van der Waals surface area contributed by atoms with Crippen molar-refractivity contribution >= 4 is 5.91 Å². The molecule has 3 nitrogen and oxygen atoms in total. The second-order valence-electron chi connectivity index (χ2n) is 4.84. The summed E-state index contributed by atoms with van der Waals surface area (Å²) in [5.74, 6) is -0.0862. The van der Waals surface area contributed by atoms with Gasteiger partial charge in [-0.2, -0.15) is 0 Å². The number of ether oxygens (including phenoxy) is 1. The lowest BCUT2D eigenvalue weighted by Gasteiger charge is -2.07. The smallest absolute Gasteiger partial charge is 0.254 e. The van der Waals surface area contributed by atoms with Gasteiger partial charge in [-0.25, -0.2) is 4.39 Å². The maximum atomic E-state index is 13.6. The second-order valence-corrected chi connectivity index (χ2v) is 4.84. The molecule has 0 saturated carbocycles. The molecule has 0 radical (unpaired) electrons. The van der Waals surface area contributed by atoms with Crippen molar-refractivity contribution in [3.8, 4) is 5.75 Å². The minimum Gasteiger partial charge on any atom is -0.497 e. The number of carbonyl (C=O) groups excluding carboxylic acids is 1. The Morgan fingerprint density at radius 2 is 1.90 bits per heavy atom. The third-order valence-corrected chi connectivity index (χ3v) is 3.22. The van der Waals surface area contributed by atoms with E-state index >= 15 is 0 Å². The van der Waals surface area contributed by atoms with Gasteiger partial charge in [0, 0.05) is 6.54 Å². The van der Waals surface area contributed by atoms with Gasteiger partial charge in [-0.3, -0.25) is 4.79 Å². The van der Waals surface area contributed by atoms with Gasteiger partial charge in [-0.05, 0) is 43.2 Å². The van der Waals surface area contributed by atoms with E-state index in [9.17, 15) is 9.18 Å². The first-order valence-corrected chi connectivity index (χ1v) is 6.77. The summed E-state index contributed by atoms with van der Waals surface area (Å²) in [7, 11) is 1.62. The van der Waals surface area contributed by atoms with Crippen molar-refractivity contribution in [3.05, 3.63) is 65.0 Å². The van der Waals surface area contributed by atoms with Gasteiger partial charge in [0.15, 0.2) is 0 Å². The molecule has 1 N–H and O–H groups in total. The number of rotatable bonds is 5. The summed E-state index contributed by atoms with van der Waals surface area (Å²) in [6.07, 6.45) is 0.684. The van der Waals surface area contributed by atoms with Gasteiger partial charge in [-0.1, -0.05) is 23.8 Å². The van der Waals surface area contributed by atoms with E-state index in [0.29, 0.717) is 13.0 Å². The van der Waals surface area contributed by atoms with Crippen LogP contribution in [0.5, 0.6) is 5.75 Å². The van der Waals surface area contributed by atoms with Gasteiger partial charge in [0.1, 0.15) is 11.6 Å². The molecule has 0 aromatic heterocycles. The Bertz CT molecular complexity index is 623. The van der Waals surface area contributed by atoms with Crippen molar-refractivity contribution in [1.82, 2.24) is 5.32 Å². The lowest BCUT2D eigenvalue weighted by Crippen LogP contribution is -2.26. The molecule has 21 heavy (non-hydrogen) atoms. The number of hydrogen-bond donors (Lipinski definition) is 1. The molecule has 0 saturated heterocycles. The fraction of sp³-hybridized carbons (Fsp3) is 0.235. The first kappa shape index (κ1) is 15.0. The molecule has 0 aliphatic carbocycles. The molecule has 0 aliphatic rings. The van der Waals surface area contributed by atoms with E-state index in [2.05, 4.69) is 5.32 Å². The summed E-state index contributed by atoms with van der Waals surface area (Å²) >= 11 is 0. The van der Waals surface area contributed by atoms with E-state index in [1.807, 2.05) is 31.2 Å². The standard InChI is InChI=1S/C17H18FNO2/c1-12-3-8-16(18)15(11-12)17(20)19-10-9-13-4-6-14(21-2)7-5-13/h3-8,11H,9-10H2,1-2H3,(H,19,20). The molecule has 0 atom stereocenters. The van der Waals surface area contributed by atoms with Crippen molar-refractivity contribution < 1.29 is 13.9 Å². The van der Waals surface area contributed by atoms with Crippen LogP contribution in [0.1, 0.15) is 21.5 Å². The zero-order valence-electron chi connectivity index (χ0n) is 12.2. The Morgan fingerprint density at radius 1 is 1.19 bits per heavy atom. The molecule has 2 rings (SSSR count). The van der Waals surface area contributed by atoms with E-state index in [4.69, 9.17) is 4.74 Å². The first-order valence-electron chi connectivity index (χ1n) is 6.77. The molecule has 2 aromatic carbocycles. The highest BCUT2D eigenvalue weighted by Crippen LogP contribution is 2.12. The molecule has 0 fully saturated rings. The fourth-order valence-corrected chi connectivity index (χ4v) is 2.02. The number of aryl methyl sites for hydroxylation is 1. The van der Waals surface area contributed by atoms with Gasteiger partial charge < -0.3 is 10.1 Å². The summed E-state index contributed by atoms with van der Waals surface area (Å²) in [4.78, 5) is 11.9. The Hall–Kier alpha value is -2.36. The van der Waals surface area contributed by atoms with Crippen molar-refractivity contribution in [2.45, 2.75) is 13.3 Å². The lowest BCUT2D eigenvalue weighted by molar-refractivity contribution is 0.0950. The average Bonchev–Trinajstić information content (AvgIpc) is 2.50. The van der Waals surface area contributed by atoms with E-state index in [1.165, 1.54) is 6.07 Å². The van der Waals surface area contributed by atoms with Crippen LogP contribution in [0.15, 0.2) is 42.5 Å². The SMILES string of the molecule is COc1ccc(CCNC(=O)c2cc(C)ccc2F)cc1. The molecule has 0 heterocycles. The van der Waals surface area contributed by atoms with Gasteiger partial charge in [0.2, 0.25) is 0 Å². The number of hydrogen-bond acceptors (Lipinski definition) is 2. The van der Waals surface area contributed by atoms with Crippen LogP contribution in [0.3, 0.4) is 0 Å². The second kappa shape index (κ2) is 6.88. The highest BCUT2D eigenvalue weighted by molar-refractivity contribution is 5.94. The van der Waals surface area contributed by atoms with Crippen molar-refractivity contribution in [2.24, 2.45) is 0 Å². The van der Waals surface area contributed by atoms with Crippen LogP contribution in [-0.2, 0) is 6.42 Å². The van der Waals surface area contributed by atoms with Crippen LogP contribution >= 0.6 is 0 Å². The lowest BCUT2D eigenvalue weighted by atomic mass is 10.1. The number of methoxy groups -OCH3 is 1. The summed E-state index contributed by atoms with van der Waals surface area (Å²) in [5.41, 5.74) is 2.03. The molecule has 2 aromatic rings. The monoisotopic (exact) mass is 287 g/mol. The van der Waals surface area contributed by atoms with Gasteiger partial charge >= 0.3 is 0 Å². The van der Waals surface area contributed by atoms with E-state index in [1.54, 1.807) is 19.2 Å². The number of halogens is 1. The zero-order valence-corrected chi connectivity index (χ0v) is 12.2. The van der Waals surface area contributed by atoms with Crippen molar-refractivity contribution in [3.63, 3.8) is 0 Å². The van der Waals surface area contributed by atoms with Crippen LogP contribution in [0.25, 0.3) is 0 Å². The summed E-state index contributed by atoms with van der Waals surface area (Å²) in [5, 5.41) is 2.73. The molecular formula is C17H18FNO2. The van der Waals surface area contributed by atoms with Crippen molar-refractivity contribution in [1.29, 1.82) is 0 Å². The van der Waals surface area contributed by atoms with Crippen molar-refractivity contribution in [2.75, 3.05) is 13.7 Å². The van der Waals surface area contributed by atoms with E-state index in [-0.39, 0.29) is 11.5 Å².